The highest BCUT2D eigenvalue weighted by Gasteiger charge is 2.52. The number of benzene rings is 2. The Balaban J connectivity index is 1.62. The molecule has 0 aromatic heterocycles. The molecule has 4 rings (SSSR count). The van der Waals surface area contributed by atoms with E-state index >= 15 is 0 Å². The molecule has 1 unspecified atom stereocenters. The third-order valence-electron chi connectivity index (χ3n) is 6.38. The Bertz CT molecular complexity index is 1060. The number of urea groups is 1. The number of hydrogen-bond donors (Lipinski definition) is 4. The van der Waals surface area contributed by atoms with Gasteiger partial charge < -0.3 is 25.4 Å². The van der Waals surface area contributed by atoms with Crippen LogP contribution in [0, 0.1) is 13.8 Å². The number of hydrogen-bond acceptors (Lipinski definition) is 4. The number of amides is 3. The van der Waals surface area contributed by atoms with Gasteiger partial charge in [-0.05, 0) is 55.3 Å². The first kappa shape index (κ1) is 23.7. The lowest BCUT2D eigenvalue weighted by Gasteiger charge is -2.43. The molecule has 8 nitrogen and oxygen atoms in total. The molecular formula is C24H30BrN4O4+. The first-order valence-electron chi connectivity index (χ1n) is 11.2. The van der Waals surface area contributed by atoms with E-state index < -0.39 is 17.7 Å². The van der Waals surface area contributed by atoms with Crippen LogP contribution in [0.25, 0.3) is 0 Å². The zero-order chi connectivity index (χ0) is 23.6. The average Bonchev–Trinajstić information content (AvgIpc) is 2.80. The van der Waals surface area contributed by atoms with Gasteiger partial charge in [-0.25, -0.2) is 4.79 Å². The molecule has 0 spiro atoms. The fraction of sp³-hybridized carbons (Fsp3) is 0.417. The van der Waals surface area contributed by atoms with Gasteiger partial charge >= 0.3 is 6.03 Å². The molecule has 4 N–H and O–H groups in total. The molecule has 1 atom stereocenters. The lowest BCUT2D eigenvalue weighted by Crippen LogP contribution is -3.14. The Morgan fingerprint density at radius 2 is 1.97 bits per heavy atom. The zero-order valence-electron chi connectivity index (χ0n) is 18.9. The fourth-order valence-corrected chi connectivity index (χ4v) is 4.68. The van der Waals surface area contributed by atoms with E-state index in [0.717, 1.165) is 55.3 Å². The van der Waals surface area contributed by atoms with Crippen LogP contribution in [-0.2, 0) is 15.3 Å². The molecule has 176 valence electrons. The maximum absolute atomic E-state index is 13.5. The SMILES string of the molecule is Cc1ccc(N2C(=O)Nc3ccc(Br)cc3C2(O)C(=O)NCCC[NH+]2CCOCC2)cc1C. The summed E-state index contributed by atoms with van der Waals surface area (Å²) in [6.45, 7) is 8.64. The molecule has 0 aliphatic carbocycles. The van der Waals surface area contributed by atoms with Crippen molar-refractivity contribution in [3.63, 3.8) is 0 Å². The first-order valence-corrected chi connectivity index (χ1v) is 12.0. The second kappa shape index (κ2) is 9.80. The van der Waals surface area contributed by atoms with Crippen molar-refractivity contribution in [1.82, 2.24) is 5.32 Å². The molecule has 3 amide bonds. The summed E-state index contributed by atoms with van der Waals surface area (Å²) in [5, 5.41) is 17.6. The van der Waals surface area contributed by atoms with Crippen molar-refractivity contribution < 1.29 is 24.3 Å². The molecule has 2 heterocycles. The van der Waals surface area contributed by atoms with E-state index in [0.29, 0.717) is 28.0 Å². The summed E-state index contributed by atoms with van der Waals surface area (Å²) >= 11 is 3.42. The lowest BCUT2D eigenvalue weighted by molar-refractivity contribution is -0.908. The number of morpholine rings is 1. The van der Waals surface area contributed by atoms with Gasteiger partial charge in [-0.3, -0.25) is 9.69 Å². The van der Waals surface area contributed by atoms with E-state index in [1.54, 1.807) is 30.3 Å². The average molecular weight is 518 g/mol. The number of anilines is 2. The molecule has 2 aliphatic heterocycles. The third-order valence-corrected chi connectivity index (χ3v) is 6.88. The van der Waals surface area contributed by atoms with Crippen LogP contribution in [0.3, 0.4) is 0 Å². The molecule has 9 heteroatoms. The van der Waals surface area contributed by atoms with E-state index in [2.05, 4.69) is 26.6 Å². The molecule has 1 fully saturated rings. The predicted molar refractivity (Wildman–Crippen MR) is 129 cm³/mol. The van der Waals surface area contributed by atoms with Crippen molar-refractivity contribution in [2.24, 2.45) is 0 Å². The van der Waals surface area contributed by atoms with Gasteiger partial charge in [-0.1, -0.05) is 22.0 Å². The van der Waals surface area contributed by atoms with Crippen molar-refractivity contribution in [2.45, 2.75) is 26.0 Å². The van der Waals surface area contributed by atoms with E-state index in [1.807, 2.05) is 19.9 Å². The Hall–Kier alpha value is -2.46. The first-order chi connectivity index (χ1) is 15.8. The molecule has 2 aromatic rings. The Morgan fingerprint density at radius 3 is 2.70 bits per heavy atom. The molecule has 0 radical (unpaired) electrons. The van der Waals surface area contributed by atoms with Gasteiger partial charge in [0.15, 0.2) is 0 Å². The normalized spacial score (nSPS) is 20.8. The summed E-state index contributed by atoms with van der Waals surface area (Å²) < 4.78 is 6.08. The molecule has 2 aromatic carbocycles. The molecule has 0 saturated carbocycles. The fourth-order valence-electron chi connectivity index (χ4n) is 4.32. The van der Waals surface area contributed by atoms with Crippen molar-refractivity contribution in [3.05, 3.63) is 57.6 Å². The second-order valence-corrected chi connectivity index (χ2v) is 9.53. The summed E-state index contributed by atoms with van der Waals surface area (Å²) in [6.07, 6.45) is 0.762. The number of aliphatic hydroxyl groups is 1. The number of fused-ring (bicyclic) bond motifs is 1. The standard InChI is InChI=1S/C24H29BrN4O4/c1-16-4-6-19(14-17(16)2)29-23(31)27-21-7-5-18(25)15-20(21)24(29,32)22(30)26-8-3-9-28-10-12-33-13-11-28/h4-7,14-15,32H,3,8-13H2,1-2H3,(H,26,30)(H,27,31)/p+1. The van der Waals surface area contributed by atoms with Gasteiger partial charge in [-0.15, -0.1) is 0 Å². The number of halogens is 1. The zero-order valence-corrected chi connectivity index (χ0v) is 20.5. The molecular weight excluding hydrogens is 488 g/mol. The van der Waals surface area contributed by atoms with Crippen LogP contribution in [0.15, 0.2) is 40.9 Å². The number of rotatable bonds is 6. The van der Waals surface area contributed by atoms with E-state index in [-0.39, 0.29) is 0 Å². The maximum Gasteiger partial charge on any atom is 0.329 e. The molecule has 33 heavy (non-hydrogen) atoms. The van der Waals surface area contributed by atoms with E-state index in [4.69, 9.17) is 4.74 Å². The van der Waals surface area contributed by atoms with Crippen molar-refractivity contribution >= 4 is 39.2 Å². The highest BCUT2D eigenvalue weighted by Crippen LogP contribution is 2.41. The third kappa shape index (κ3) is 4.77. The van der Waals surface area contributed by atoms with E-state index in [9.17, 15) is 14.7 Å². The minimum atomic E-state index is -2.20. The highest BCUT2D eigenvalue weighted by molar-refractivity contribution is 9.10. The van der Waals surface area contributed by atoms with Crippen molar-refractivity contribution in [3.8, 4) is 0 Å². The highest BCUT2D eigenvalue weighted by atomic mass is 79.9. The van der Waals surface area contributed by atoms with Crippen LogP contribution in [0.2, 0.25) is 0 Å². The smallest absolute Gasteiger partial charge is 0.329 e. The predicted octanol–water partition coefficient (Wildman–Crippen LogP) is 1.68. The topological polar surface area (TPSA) is 95.3 Å². The van der Waals surface area contributed by atoms with Crippen molar-refractivity contribution in [2.75, 3.05) is 49.6 Å². The minimum absolute atomic E-state index is 0.311. The van der Waals surface area contributed by atoms with Gasteiger partial charge in [-0.2, -0.15) is 0 Å². The van der Waals surface area contributed by atoms with E-state index in [1.165, 1.54) is 4.90 Å². The number of nitrogens with zero attached hydrogens (tertiary/aromatic N) is 1. The number of ether oxygens (including phenoxy) is 1. The van der Waals surface area contributed by atoms with Crippen LogP contribution in [0.5, 0.6) is 0 Å². The summed E-state index contributed by atoms with van der Waals surface area (Å²) in [5.74, 6) is -0.632. The van der Waals surface area contributed by atoms with Gasteiger partial charge in [0.2, 0.25) is 0 Å². The summed E-state index contributed by atoms with van der Waals surface area (Å²) in [7, 11) is 0. The minimum Gasteiger partial charge on any atom is -0.370 e. The Morgan fingerprint density at radius 1 is 1.21 bits per heavy atom. The van der Waals surface area contributed by atoms with Crippen LogP contribution < -0.4 is 20.4 Å². The Labute approximate surface area is 202 Å². The number of aryl methyl sites for hydroxylation is 2. The van der Waals surface area contributed by atoms with Gasteiger partial charge in [0.1, 0.15) is 13.1 Å². The quantitative estimate of drug-likeness (QED) is 0.438. The maximum atomic E-state index is 13.5. The Kier molecular flexibility index (Phi) is 7.04. The van der Waals surface area contributed by atoms with Gasteiger partial charge in [0, 0.05) is 28.7 Å². The number of nitrogens with one attached hydrogen (secondary N) is 3. The monoisotopic (exact) mass is 517 g/mol. The summed E-state index contributed by atoms with van der Waals surface area (Å²) in [4.78, 5) is 29.2. The van der Waals surface area contributed by atoms with Gasteiger partial charge in [0.05, 0.1) is 25.4 Å². The van der Waals surface area contributed by atoms with Crippen LogP contribution in [0.4, 0.5) is 16.2 Å². The number of carbonyl (C=O) groups excluding carboxylic acids is 2. The number of carbonyl (C=O) groups is 2. The molecule has 1 saturated heterocycles. The van der Waals surface area contributed by atoms with Gasteiger partial charge in [0.25, 0.3) is 11.6 Å². The van der Waals surface area contributed by atoms with Crippen LogP contribution in [-0.4, -0.2) is 56.4 Å². The lowest BCUT2D eigenvalue weighted by atomic mass is 9.94. The largest absolute Gasteiger partial charge is 0.370 e. The summed E-state index contributed by atoms with van der Waals surface area (Å²) in [6, 6.07) is 9.95. The molecule has 2 aliphatic rings. The number of quaternary nitrogens is 1. The molecule has 0 bridgehead atoms. The second-order valence-electron chi connectivity index (χ2n) is 8.62. The summed E-state index contributed by atoms with van der Waals surface area (Å²) in [5.41, 5.74) is 0.963. The van der Waals surface area contributed by atoms with Crippen molar-refractivity contribution in [1.29, 1.82) is 0 Å². The van der Waals surface area contributed by atoms with Crippen LogP contribution >= 0.6 is 15.9 Å². The van der Waals surface area contributed by atoms with Crippen LogP contribution in [0.1, 0.15) is 23.1 Å².